The van der Waals surface area contributed by atoms with Gasteiger partial charge in [-0.15, -0.1) is 0 Å². The van der Waals surface area contributed by atoms with Crippen LogP contribution in [0.15, 0.2) is 46.9 Å². The molecule has 0 fully saturated rings. The Morgan fingerprint density at radius 2 is 2.00 bits per heavy atom. The lowest BCUT2D eigenvalue weighted by molar-refractivity contribution is 0.101. The van der Waals surface area contributed by atoms with Crippen LogP contribution in [0.1, 0.15) is 21.7 Å². The van der Waals surface area contributed by atoms with E-state index in [0.29, 0.717) is 10.6 Å². The molecule has 0 atom stereocenters. The molecule has 1 aromatic heterocycles. The van der Waals surface area contributed by atoms with Gasteiger partial charge in [0.15, 0.2) is 5.76 Å². The van der Waals surface area contributed by atoms with Crippen molar-refractivity contribution >= 4 is 28.4 Å². The molecule has 0 spiro atoms. The van der Waals surface area contributed by atoms with E-state index in [2.05, 4.69) is 0 Å². The van der Waals surface area contributed by atoms with Gasteiger partial charge in [0, 0.05) is 10.4 Å². The minimum Gasteiger partial charge on any atom is -0.452 e. The summed E-state index contributed by atoms with van der Waals surface area (Å²) in [7, 11) is 0. The number of ketones is 1. The first kappa shape index (κ1) is 12.9. The fourth-order valence-corrected chi connectivity index (χ4v) is 2.30. The summed E-state index contributed by atoms with van der Waals surface area (Å²) in [6, 6.07) is 11.1. The minimum absolute atomic E-state index is 0.0887. The number of para-hydroxylation sites is 1. The summed E-state index contributed by atoms with van der Waals surface area (Å²) in [6.45, 7) is 1.89. The Balaban J connectivity index is 2.13. The maximum Gasteiger partial charge on any atom is 0.231 e. The number of aryl methyl sites for hydroxylation is 1. The van der Waals surface area contributed by atoms with Gasteiger partial charge in [-0.05, 0) is 36.8 Å². The molecule has 0 saturated carbocycles. The second kappa shape index (κ2) is 4.76. The van der Waals surface area contributed by atoms with Gasteiger partial charge >= 0.3 is 0 Å². The van der Waals surface area contributed by atoms with Gasteiger partial charge in [0.05, 0.1) is 5.56 Å². The second-order valence-electron chi connectivity index (χ2n) is 4.56. The van der Waals surface area contributed by atoms with Gasteiger partial charge < -0.3 is 4.42 Å². The van der Waals surface area contributed by atoms with Crippen LogP contribution < -0.4 is 0 Å². The smallest absolute Gasteiger partial charge is 0.231 e. The van der Waals surface area contributed by atoms with Gasteiger partial charge in [0.2, 0.25) is 5.78 Å². The van der Waals surface area contributed by atoms with Crippen LogP contribution in [0, 0.1) is 12.7 Å². The summed E-state index contributed by atoms with van der Waals surface area (Å²) in [6.07, 6.45) is 0. The van der Waals surface area contributed by atoms with Gasteiger partial charge in [-0.3, -0.25) is 4.79 Å². The predicted molar refractivity (Wildman–Crippen MR) is 75.8 cm³/mol. The topological polar surface area (TPSA) is 30.2 Å². The molecule has 0 N–H and O–H groups in total. The summed E-state index contributed by atoms with van der Waals surface area (Å²) >= 11 is 5.80. The normalized spacial score (nSPS) is 10.9. The number of carbonyl (C=O) groups excluding carboxylic acids is 1. The van der Waals surface area contributed by atoms with Crippen LogP contribution in [0.4, 0.5) is 4.39 Å². The predicted octanol–water partition coefficient (Wildman–Crippen LogP) is 4.76. The zero-order valence-electron chi connectivity index (χ0n) is 10.6. The van der Waals surface area contributed by atoms with E-state index in [1.807, 2.05) is 25.1 Å². The highest BCUT2D eigenvalue weighted by Gasteiger charge is 2.19. The SMILES string of the molecule is Cc1cccc2cc(C(=O)c3cc(Cl)ccc3F)oc12. The van der Waals surface area contributed by atoms with Crippen LogP contribution in [0.5, 0.6) is 0 Å². The Kier molecular flexibility index (Phi) is 3.07. The number of hydrogen-bond acceptors (Lipinski definition) is 2. The van der Waals surface area contributed by atoms with Crippen molar-refractivity contribution in [2.24, 2.45) is 0 Å². The lowest BCUT2D eigenvalue weighted by Crippen LogP contribution is -2.02. The molecule has 2 aromatic carbocycles. The first-order chi connectivity index (χ1) is 9.56. The molecule has 4 heteroatoms. The quantitative estimate of drug-likeness (QED) is 0.636. The molecule has 0 saturated heterocycles. The van der Waals surface area contributed by atoms with Crippen LogP contribution in [-0.2, 0) is 0 Å². The molecule has 0 amide bonds. The van der Waals surface area contributed by atoms with E-state index < -0.39 is 11.6 Å². The van der Waals surface area contributed by atoms with Crippen molar-refractivity contribution < 1.29 is 13.6 Å². The van der Waals surface area contributed by atoms with Crippen molar-refractivity contribution in [3.05, 3.63) is 70.2 Å². The fraction of sp³-hybridized carbons (Fsp3) is 0.0625. The minimum atomic E-state index is -0.614. The Morgan fingerprint density at radius 3 is 2.75 bits per heavy atom. The number of benzene rings is 2. The van der Waals surface area contributed by atoms with E-state index in [-0.39, 0.29) is 11.3 Å². The highest BCUT2D eigenvalue weighted by atomic mass is 35.5. The van der Waals surface area contributed by atoms with E-state index in [9.17, 15) is 9.18 Å². The number of furan rings is 1. The van der Waals surface area contributed by atoms with E-state index in [0.717, 1.165) is 10.9 Å². The van der Waals surface area contributed by atoms with Crippen molar-refractivity contribution in [3.63, 3.8) is 0 Å². The molecule has 1 heterocycles. The molecular formula is C16H10ClFO2. The molecule has 0 unspecified atom stereocenters. The molecule has 3 rings (SSSR count). The van der Waals surface area contributed by atoms with Crippen LogP contribution in [0.25, 0.3) is 11.0 Å². The van der Waals surface area contributed by atoms with E-state index in [1.54, 1.807) is 6.07 Å². The van der Waals surface area contributed by atoms with E-state index >= 15 is 0 Å². The maximum atomic E-state index is 13.7. The summed E-state index contributed by atoms with van der Waals surface area (Å²) in [5.74, 6) is -1.02. The van der Waals surface area contributed by atoms with Crippen LogP contribution in [0.3, 0.4) is 0 Å². The third kappa shape index (κ3) is 2.10. The van der Waals surface area contributed by atoms with Crippen molar-refractivity contribution in [2.45, 2.75) is 6.92 Å². The number of fused-ring (bicyclic) bond motifs is 1. The van der Waals surface area contributed by atoms with Crippen molar-refractivity contribution in [1.29, 1.82) is 0 Å². The average molecular weight is 289 g/mol. The summed E-state index contributed by atoms with van der Waals surface area (Å²) in [5.41, 5.74) is 1.47. The van der Waals surface area contributed by atoms with Crippen molar-refractivity contribution in [3.8, 4) is 0 Å². The molecule has 0 aliphatic heterocycles. The Hall–Kier alpha value is -2.13. The molecule has 0 aliphatic carbocycles. The largest absolute Gasteiger partial charge is 0.452 e. The monoisotopic (exact) mass is 288 g/mol. The zero-order valence-corrected chi connectivity index (χ0v) is 11.4. The van der Waals surface area contributed by atoms with E-state index in [1.165, 1.54) is 18.2 Å². The third-order valence-electron chi connectivity index (χ3n) is 3.14. The number of halogens is 2. The molecular weight excluding hydrogens is 279 g/mol. The van der Waals surface area contributed by atoms with Crippen LogP contribution in [0.2, 0.25) is 5.02 Å². The molecule has 2 nitrogen and oxygen atoms in total. The van der Waals surface area contributed by atoms with Gasteiger partial charge in [0.25, 0.3) is 0 Å². The molecule has 0 aliphatic rings. The highest BCUT2D eigenvalue weighted by Crippen LogP contribution is 2.25. The number of hydrogen-bond donors (Lipinski definition) is 0. The van der Waals surface area contributed by atoms with Gasteiger partial charge in [0.1, 0.15) is 11.4 Å². The van der Waals surface area contributed by atoms with E-state index in [4.69, 9.17) is 16.0 Å². The number of carbonyl (C=O) groups is 1. The lowest BCUT2D eigenvalue weighted by Gasteiger charge is -2.00. The maximum absolute atomic E-state index is 13.7. The van der Waals surface area contributed by atoms with Crippen LogP contribution in [-0.4, -0.2) is 5.78 Å². The number of rotatable bonds is 2. The first-order valence-corrected chi connectivity index (χ1v) is 6.43. The summed E-state index contributed by atoms with van der Waals surface area (Å²) in [5, 5.41) is 1.12. The third-order valence-corrected chi connectivity index (χ3v) is 3.37. The summed E-state index contributed by atoms with van der Waals surface area (Å²) in [4.78, 5) is 12.3. The fourth-order valence-electron chi connectivity index (χ4n) is 2.13. The highest BCUT2D eigenvalue weighted by molar-refractivity contribution is 6.31. The Bertz CT molecular complexity index is 820. The van der Waals surface area contributed by atoms with Crippen molar-refractivity contribution in [1.82, 2.24) is 0 Å². The average Bonchev–Trinajstić information content (AvgIpc) is 2.86. The lowest BCUT2D eigenvalue weighted by atomic mass is 10.1. The Morgan fingerprint density at radius 1 is 1.20 bits per heavy atom. The second-order valence-corrected chi connectivity index (χ2v) is 4.99. The van der Waals surface area contributed by atoms with Gasteiger partial charge in [-0.2, -0.15) is 0 Å². The standard InChI is InChI=1S/C16H10ClFO2/c1-9-3-2-4-10-7-14(20-16(9)10)15(19)12-8-11(17)5-6-13(12)18/h2-8H,1H3. The Labute approximate surface area is 119 Å². The zero-order chi connectivity index (χ0) is 14.3. The first-order valence-electron chi connectivity index (χ1n) is 6.05. The molecule has 3 aromatic rings. The molecule has 20 heavy (non-hydrogen) atoms. The van der Waals surface area contributed by atoms with Gasteiger partial charge in [-0.25, -0.2) is 4.39 Å². The van der Waals surface area contributed by atoms with Crippen LogP contribution >= 0.6 is 11.6 Å². The molecule has 0 radical (unpaired) electrons. The van der Waals surface area contributed by atoms with Crippen molar-refractivity contribution in [2.75, 3.05) is 0 Å². The van der Waals surface area contributed by atoms with Gasteiger partial charge in [-0.1, -0.05) is 29.8 Å². The molecule has 0 bridgehead atoms. The summed E-state index contributed by atoms with van der Waals surface area (Å²) < 4.78 is 19.3. The molecule has 100 valence electrons.